The van der Waals surface area contributed by atoms with Crippen LogP contribution in [-0.2, 0) is 27.8 Å². The van der Waals surface area contributed by atoms with E-state index in [1.165, 1.54) is 11.3 Å². The summed E-state index contributed by atoms with van der Waals surface area (Å²) >= 11 is 1.23. The topological polar surface area (TPSA) is 58.6 Å². The van der Waals surface area contributed by atoms with Gasteiger partial charge in [-0.1, -0.05) is 30.3 Å². The van der Waals surface area contributed by atoms with Crippen LogP contribution in [0.4, 0.5) is 0 Å². The fourth-order valence-electron chi connectivity index (χ4n) is 2.54. The van der Waals surface area contributed by atoms with Crippen molar-refractivity contribution in [3.8, 4) is 0 Å². The van der Waals surface area contributed by atoms with Gasteiger partial charge in [0.1, 0.15) is 4.21 Å². The molecule has 0 spiro atoms. The molecule has 7 heteroatoms. The predicted molar refractivity (Wildman–Crippen MR) is 90.9 cm³/mol. The van der Waals surface area contributed by atoms with Crippen molar-refractivity contribution in [2.45, 2.75) is 17.3 Å². The zero-order valence-electron chi connectivity index (χ0n) is 12.8. The molecule has 1 aromatic carbocycles. The largest absolute Gasteiger partial charge is 0.379 e. The summed E-state index contributed by atoms with van der Waals surface area (Å²) in [5.41, 5.74) is 2.17. The van der Waals surface area contributed by atoms with Gasteiger partial charge in [0.05, 0.1) is 13.2 Å². The number of rotatable bonds is 6. The average molecular weight is 352 g/mol. The third kappa shape index (κ3) is 4.39. The van der Waals surface area contributed by atoms with Crippen molar-refractivity contribution in [3.05, 3.63) is 52.9 Å². The van der Waals surface area contributed by atoms with Crippen LogP contribution in [0, 0.1) is 0 Å². The molecule has 1 fully saturated rings. The molecule has 0 atom stereocenters. The van der Waals surface area contributed by atoms with E-state index in [-0.39, 0.29) is 0 Å². The quantitative estimate of drug-likeness (QED) is 0.865. The number of benzene rings is 1. The number of hydrogen-bond acceptors (Lipinski definition) is 5. The molecule has 0 amide bonds. The van der Waals surface area contributed by atoms with Gasteiger partial charge in [-0.25, -0.2) is 13.1 Å². The van der Waals surface area contributed by atoms with E-state index in [0.717, 1.165) is 44.0 Å². The molecule has 124 valence electrons. The molecule has 1 saturated heterocycles. The molecule has 1 N–H and O–H groups in total. The van der Waals surface area contributed by atoms with E-state index in [1.54, 1.807) is 17.5 Å². The molecule has 0 saturated carbocycles. The molecular formula is C16H20N2O3S2. The summed E-state index contributed by atoms with van der Waals surface area (Å²) in [6.45, 7) is 4.46. The molecule has 2 aromatic rings. The Morgan fingerprint density at radius 2 is 1.83 bits per heavy atom. The molecule has 1 aliphatic heterocycles. The number of thiophene rings is 1. The zero-order valence-corrected chi connectivity index (χ0v) is 14.4. The third-order valence-corrected chi connectivity index (χ3v) is 6.63. The molecule has 1 aliphatic rings. The maximum absolute atomic E-state index is 12.2. The Hall–Kier alpha value is -1.25. The van der Waals surface area contributed by atoms with Crippen molar-refractivity contribution in [3.63, 3.8) is 0 Å². The van der Waals surface area contributed by atoms with Crippen LogP contribution < -0.4 is 4.72 Å². The molecule has 5 nitrogen and oxygen atoms in total. The predicted octanol–water partition coefficient (Wildman–Crippen LogP) is 2.06. The molecular weight excluding hydrogens is 332 g/mol. The second-order valence-electron chi connectivity index (χ2n) is 5.41. The molecule has 3 rings (SSSR count). The number of morpholine rings is 1. The van der Waals surface area contributed by atoms with Gasteiger partial charge in [-0.05, 0) is 22.6 Å². The lowest BCUT2D eigenvalue weighted by molar-refractivity contribution is 0.0341. The first kappa shape index (κ1) is 16.6. The SMILES string of the molecule is O=S(=O)(NCc1ccccc1CN1CCOCC1)c1cccs1. The number of nitrogens with zero attached hydrogens (tertiary/aromatic N) is 1. The van der Waals surface area contributed by atoms with E-state index in [0.29, 0.717) is 10.8 Å². The van der Waals surface area contributed by atoms with Gasteiger partial charge in [0.25, 0.3) is 0 Å². The third-order valence-electron chi connectivity index (χ3n) is 3.83. The van der Waals surface area contributed by atoms with Gasteiger partial charge >= 0.3 is 0 Å². The number of nitrogens with one attached hydrogen (secondary N) is 1. The zero-order chi connectivity index (χ0) is 16.1. The van der Waals surface area contributed by atoms with Gasteiger partial charge in [0.15, 0.2) is 0 Å². The van der Waals surface area contributed by atoms with E-state index in [4.69, 9.17) is 4.74 Å². The first-order valence-corrected chi connectivity index (χ1v) is 9.91. The summed E-state index contributed by atoms with van der Waals surface area (Å²) in [4.78, 5) is 2.33. The van der Waals surface area contributed by atoms with Crippen molar-refractivity contribution in [1.29, 1.82) is 0 Å². The highest BCUT2D eigenvalue weighted by molar-refractivity contribution is 7.91. The number of ether oxygens (including phenoxy) is 1. The van der Waals surface area contributed by atoms with Crippen LogP contribution in [0.25, 0.3) is 0 Å². The summed E-state index contributed by atoms with van der Waals surface area (Å²) in [5, 5.41) is 1.76. The number of sulfonamides is 1. The van der Waals surface area contributed by atoms with Crippen LogP contribution in [-0.4, -0.2) is 39.6 Å². The number of hydrogen-bond donors (Lipinski definition) is 1. The van der Waals surface area contributed by atoms with Gasteiger partial charge in [-0.2, -0.15) is 0 Å². The smallest absolute Gasteiger partial charge is 0.250 e. The second-order valence-corrected chi connectivity index (χ2v) is 8.36. The Morgan fingerprint density at radius 3 is 2.52 bits per heavy atom. The highest BCUT2D eigenvalue weighted by atomic mass is 32.2. The van der Waals surface area contributed by atoms with Crippen LogP contribution in [0.15, 0.2) is 46.0 Å². The summed E-state index contributed by atoms with van der Waals surface area (Å²) in [6, 6.07) is 11.3. The minimum absolute atomic E-state index is 0.306. The summed E-state index contributed by atoms with van der Waals surface area (Å²) in [6.07, 6.45) is 0. The van der Waals surface area contributed by atoms with E-state index in [9.17, 15) is 8.42 Å². The fourth-order valence-corrected chi connectivity index (χ4v) is 4.59. The monoisotopic (exact) mass is 352 g/mol. The van der Waals surface area contributed by atoms with Gasteiger partial charge < -0.3 is 4.74 Å². The van der Waals surface area contributed by atoms with E-state index in [2.05, 4.69) is 15.7 Å². The maximum atomic E-state index is 12.2. The average Bonchev–Trinajstić information content (AvgIpc) is 3.11. The molecule has 1 aromatic heterocycles. The lowest BCUT2D eigenvalue weighted by Gasteiger charge is -2.27. The summed E-state index contributed by atoms with van der Waals surface area (Å²) in [5.74, 6) is 0. The minimum Gasteiger partial charge on any atom is -0.379 e. The van der Waals surface area contributed by atoms with Crippen LogP contribution in [0.3, 0.4) is 0 Å². The Balaban J connectivity index is 1.68. The fraction of sp³-hybridized carbons (Fsp3) is 0.375. The maximum Gasteiger partial charge on any atom is 0.250 e. The molecule has 2 heterocycles. The van der Waals surface area contributed by atoms with Gasteiger partial charge in [0, 0.05) is 26.2 Å². The molecule has 0 unspecified atom stereocenters. The van der Waals surface area contributed by atoms with Crippen LogP contribution >= 0.6 is 11.3 Å². The van der Waals surface area contributed by atoms with E-state index < -0.39 is 10.0 Å². The Labute approximate surface area is 140 Å². The van der Waals surface area contributed by atoms with Gasteiger partial charge in [0.2, 0.25) is 10.0 Å². The molecule has 0 bridgehead atoms. The lowest BCUT2D eigenvalue weighted by Crippen LogP contribution is -2.36. The summed E-state index contributed by atoms with van der Waals surface area (Å²) in [7, 11) is -3.43. The highest BCUT2D eigenvalue weighted by Crippen LogP contribution is 2.17. The Bertz CT molecular complexity index is 724. The molecule has 0 radical (unpaired) electrons. The Kier molecular flexibility index (Phi) is 5.45. The van der Waals surface area contributed by atoms with Crippen molar-refractivity contribution >= 4 is 21.4 Å². The normalized spacial score (nSPS) is 16.5. The van der Waals surface area contributed by atoms with Gasteiger partial charge in [-0.15, -0.1) is 11.3 Å². The van der Waals surface area contributed by atoms with Crippen molar-refractivity contribution < 1.29 is 13.2 Å². The highest BCUT2D eigenvalue weighted by Gasteiger charge is 2.16. The molecule has 23 heavy (non-hydrogen) atoms. The standard InChI is InChI=1S/C16H20N2O3S2/c19-23(20,16-6-3-11-22-16)17-12-14-4-1-2-5-15(14)13-18-7-9-21-10-8-18/h1-6,11,17H,7-10,12-13H2. The van der Waals surface area contributed by atoms with Crippen molar-refractivity contribution in [2.75, 3.05) is 26.3 Å². The first-order valence-electron chi connectivity index (χ1n) is 7.55. The lowest BCUT2D eigenvalue weighted by atomic mass is 10.1. The van der Waals surface area contributed by atoms with Gasteiger partial charge in [-0.3, -0.25) is 4.90 Å². The van der Waals surface area contributed by atoms with Crippen LogP contribution in [0.1, 0.15) is 11.1 Å². The van der Waals surface area contributed by atoms with E-state index >= 15 is 0 Å². The van der Waals surface area contributed by atoms with Crippen molar-refractivity contribution in [2.24, 2.45) is 0 Å². The Morgan fingerprint density at radius 1 is 1.09 bits per heavy atom. The second kappa shape index (κ2) is 7.55. The molecule has 0 aliphatic carbocycles. The van der Waals surface area contributed by atoms with Crippen LogP contribution in [0.5, 0.6) is 0 Å². The summed E-state index contributed by atoms with van der Waals surface area (Å²) < 4.78 is 32.9. The van der Waals surface area contributed by atoms with E-state index in [1.807, 2.05) is 18.2 Å². The van der Waals surface area contributed by atoms with Crippen LogP contribution in [0.2, 0.25) is 0 Å². The minimum atomic E-state index is -3.43. The first-order chi connectivity index (χ1) is 11.1. The van der Waals surface area contributed by atoms with Crippen molar-refractivity contribution in [1.82, 2.24) is 9.62 Å².